The van der Waals surface area contributed by atoms with Gasteiger partial charge in [-0.15, -0.1) is 4.63 Å². The van der Waals surface area contributed by atoms with E-state index in [2.05, 4.69) is 36.0 Å². The van der Waals surface area contributed by atoms with Gasteiger partial charge in [0.15, 0.2) is 6.33 Å². The predicted molar refractivity (Wildman–Crippen MR) is 45.0 cm³/mol. The first-order valence-corrected chi connectivity index (χ1v) is 4.33. The van der Waals surface area contributed by atoms with E-state index in [9.17, 15) is 0 Å². The Kier molecular flexibility index (Phi) is 1.21. The molecular formula is C6H3BrN6. The van der Waals surface area contributed by atoms with Crippen molar-refractivity contribution >= 4 is 27.2 Å². The van der Waals surface area contributed by atoms with Gasteiger partial charge in [0.1, 0.15) is 10.3 Å². The quantitative estimate of drug-likeness (QED) is 0.500. The van der Waals surface area contributed by atoms with Crippen molar-refractivity contribution in [3.05, 3.63) is 23.5 Å². The van der Waals surface area contributed by atoms with Gasteiger partial charge in [0, 0.05) is 0 Å². The number of aromatic nitrogens is 6. The molecule has 3 heterocycles. The van der Waals surface area contributed by atoms with E-state index < -0.39 is 0 Å². The van der Waals surface area contributed by atoms with Crippen LogP contribution < -0.4 is 9.73 Å². The monoisotopic (exact) mass is 238 g/mol. The van der Waals surface area contributed by atoms with Crippen LogP contribution in [0.5, 0.6) is 0 Å². The summed E-state index contributed by atoms with van der Waals surface area (Å²) in [6.45, 7) is 0. The second-order valence-corrected chi connectivity index (χ2v) is 3.30. The maximum atomic E-state index is 4.23. The number of fused-ring (bicyclic) bond motifs is 3. The van der Waals surface area contributed by atoms with Crippen LogP contribution in [0.2, 0.25) is 0 Å². The molecular weight excluding hydrogens is 236 g/mol. The van der Waals surface area contributed by atoms with Gasteiger partial charge in [0.2, 0.25) is 0 Å². The van der Waals surface area contributed by atoms with Crippen LogP contribution in [0.4, 0.5) is 0 Å². The van der Waals surface area contributed by atoms with Crippen molar-refractivity contribution in [3.8, 4) is 0 Å². The van der Waals surface area contributed by atoms with Gasteiger partial charge in [-0.25, -0.2) is 4.98 Å². The summed E-state index contributed by atoms with van der Waals surface area (Å²) in [6.07, 6.45) is 4.84. The lowest BCUT2D eigenvalue weighted by Gasteiger charge is -1.92. The van der Waals surface area contributed by atoms with Crippen LogP contribution in [0.1, 0.15) is 0 Å². The zero-order valence-corrected chi connectivity index (χ0v) is 7.88. The molecule has 0 radical (unpaired) electrons. The number of rotatable bonds is 0. The number of hydrogen-bond acceptors (Lipinski definition) is 3. The predicted octanol–water partition coefficient (Wildman–Crippen LogP) is -0.417. The number of hydrogen-bond donors (Lipinski definition) is 0. The molecule has 0 amide bonds. The Hall–Kier alpha value is -1.50. The molecule has 0 N–H and O–H groups in total. The highest BCUT2D eigenvalue weighted by Gasteiger charge is 2.03. The van der Waals surface area contributed by atoms with Gasteiger partial charge in [-0.2, -0.15) is 9.61 Å². The highest BCUT2D eigenvalue weighted by atomic mass is 79.9. The summed E-state index contributed by atoms with van der Waals surface area (Å²) in [6, 6.07) is 0. The number of halogens is 1. The Morgan fingerprint density at radius 1 is 1.54 bits per heavy atom. The normalized spacial score (nSPS) is 11.5. The molecule has 0 unspecified atom stereocenters. The van der Waals surface area contributed by atoms with Gasteiger partial charge in [-0.3, -0.25) is 0 Å². The van der Waals surface area contributed by atoms with E-state index in [1.807, 2.05) is 0 Å². The van der Waals surface area contributed by atoms with Crippen molar-refractivity contribution in [2.75, 3.05) is 0 Å². The van der Waals surface area contributed by atoms with Crippen LogP contribution in [-0.4, -0.2) is 19.5 Å². The summed E-state index contributed by atoms with van der Waals surface area (Å²) < 4.78 is 3.98. The van der Waals surface area contributed by atoms with E-state index >= 15 is 0 Å². The molecule has 0 aliphatic carbocycles. The topological polar surface area (TPSA) is 61.3 Å². The molecule has 0 bridgehead atoms. The first-order chi connectivity index (χ1) is 6.34. The van der Waals surface area contributed by atoms with Crippen LogP contribution in [0.3, 0.4) is 0 Å². The molecule has 0 atom stereocenters. The molecule has 0 fully saturated rings. The van der Waals surface area contributed by atoms with Crippen molar-refractivity contribution in [2.45, 2.75) is 0 Å². The summed E-state index contributed by atoms with van der Waals surface area (Å²) in [5.41, 5.74) is 1.29. The lowest BCUT2D eigenvalue weighted by Crippen LogP contribution is -2.28. The Bertz CT molecular complexity index is 581. The van der Waals surface area contributed by atoms with Gasteiger partial charge >= 0.3 is 6.33 Å². The van der Waals surface area contributed by atoms with E-state index in [1.54, 1.807) is 28.0 Å². The van der Waals surface area contributed by atoms with E-state index in [1.165, 1.54) is 0 Å². The molecule has 0 saturated heterocycles. The average molecular weight is 239 g/mol. The first kappa shape index (κ1) is 6.96. The zero-order chi connectivity index (χ0) is 8.84. The van der Waals surface area contributed by atoms with Gasteiger partial charge in [-0.05, 0) is 27.1 Å². The van der Waals surface area contributed by atoms with Crippen LogP contribution in [0.15, 0.2) is 23.5 Å². The molecule has 0 aromatic carbocycles. The third kappa shape index (κ3) is 0.872. The molecule has 3 aromatic rings. The average Bonchev–Trinajstić information content (AvgIpc) is 2.64. The minimum atomic E-state index is 0.602. The molecule has 3 aromatic heterocycles. The first-order valence-electron chi connectivity index (χ1n) is 3.54. The second-order valence-electron chi connectivity index (χ2n) is 2.48. The SMILES string of the molecule is Brc1cnc2[n-][n+]3cncn3c2n1. The summed E-state index contributed by atoms with van der Waals surface area (Å²) >= 11 is 3.25. The summed E-state index contributed by atoms with van der Waals surface area (Å²) in [5.74, 6) is 0. The molecule has 13 heavy (non-hydrogen) atoms. The molecule has 64 valence electrons. The molecule has 0 saturated carbocycles. The Morgan fingerprint density at radius 2 is 2.46 bits per heavy atom. The Labute approximate surface area is 80.4 Å². The highest BCUT2D eigenvalue weighted by Crippen LogP contribution is 2.07. The summed E-state index contributed by atoms with van der Waals surface area (Å²) in [7, 11) is 0. The lowest BCUT2D eigenvalue weighted by atomic mass is 10.7. The van der Waals surface area contributed by atoms with Gasteiger partial charge in [-0.1, -0.05) is 0 Å². The minimum Gasteiger partial charge on any atom is -0.361 e. The number of nitrogens with zero attached hydrogens (tertiary/aromatic N) is 6. The largest absolute Gasteiger partial charge is 0.361 e. The van der Waals surface area contributed by atoms with Crippen molar-refractivity contribution < 1.29 is 4.63 Å². The molecule has 7 heteroatoms. The standard InChI is InChI=1S/C6H3BrN6/c7-4-1-9-5-6(10-4)12-2-8-3-13(12)11-5/h1-3H. The fraction of sp³-hybridized carbons (Fsp3) is 0. The second kappa shape index (κ2) is 2.25. The molecule has 0 aliphatic rings. The fourth-order valence-electron chi connectivity index (χ4n) is 1.16. The maximum absolute atomic E-state index is 4.23. The van der Waals surface area contributed by atoms with Crippen LogP contribution >= 0.6 is 15.9 Å². The van der Waals surface area contributed by atoms with Gasteiger partial charge in [0.25, 0.3) is 0 Å². The van der Waals surface area contributed by atoms with Crippen LogP contribution in [0.25, 0.3) is 11.3 Å². The van der Waals surface area contributed by atoms with E-state index in [0.717, 1.165) is 0 Å². The van der Waals surface area contributed by atoms with Gasteiger partial charge < -0.3 is 4.98 Å². The van der Waals surface area contributed by atoms with E-state index in [0.29, 0.717) is 15.9 Å². The Morgan fingerprint density at radius 3 is 3.38 bits per heavy atom. The fourth-order valence-corrected chi connectivity index (χ4v) is 1.43. The highest BCUT2D eigenvalue weighted by molar-refractivity contribution is 9.10. The molecule has 3 rings (SSSR count). The van der Waals surface area contributed by atoms with Gasteiger partial charge in [0.05, 0.1) is 5.65 Å². The smallest absolute Gasteiger partial charge is 0.308 e. The van der Waals surface area contributed by atoms with Crippen molar-refractivity contribution in [1.82, 2.24) is 24.6 Å². The lowest BCUT2D eigenvalue weighted by molar-refractivity contribution is -0.675. The molecule has 0 spiro atoms. The summed E-state index contributed by atoms with van der Waals surface area (Å²) in [5, 5.41) is 4.14. The minimum absolute atomic E-state index is 0.602. The third-order valence-corrected chi connectivity index (χ3v) is 2.07. The van der Waals surface area contributed by atoms with Crippen molar-refractivity contribution in [2.24, 2.45) is 0 Å². The van der Waals surface area contributed by atoms with Crippen molar-refractivity contribution in [3.63, 3.8) is 0 Å². The third-order valence-electron chi connectivity index (χ3n) is 1.69. The van der Waals surface area contributed by atoms with E-state index in [4.69, 9.17) is 0 Å². The maximum Gasteiger partial charge on any atom is 0.308 e. The van der Waals surface area contributed by atoms with E-state index in [-0.39, 0.29) is 0 Å². The Balaban J connectivity index is 2.61. The van der Waals surface area contributed by atoms with Crippen LogP contribution in [-0.2, 0) is 0 Å². The van der Waals surface area contributed by atoms with Crippen LogP contribution in [0, 0.1) is 0 Å². The zero-order valence-electron chi connectivity index (χ0n) is 6.29. The summed E-state index contributed by atoms with van der Waals surface area (Å²) in [4.78, 5) is 12.3. The van der Waals surface area contributed by atoms with Crippen molar-refractivity contribution in [1.29, 1.82) is 0 Å². The molecule has 6 nitrogen and oxygen atoms in total. The molecule has 0 aliphatic heterocycles.